The molecule has 18 nitrogen and oxygen atoms in total. The zero-order chi connectivity index (χ0) is 84.6. The number of rotatable bonds is 42. The van der Waals surface area contributed by atoms with Crippen LogP contribution in [0.15, 0.2) is 146 Å². The summed E-state index contributed by atoms with van der Waals surface area (Å²) in [5, 5.41) is 0. The number of methoxy groups -OCH3 is 12. The van der Waals surface area contributed by atoms with Crippen LogP contribution >= 0.6 is 0 Å². The fourth-order valence-corrected chi connectivity index (χ4v) is 11.5. The summed E-state index contributed by atoms with van der Waals surface area (Å²) in [5.41, 5.74) is 12.2. The minimum atomic E-state index is 0.0591. The van der Waals surface area contributed by atoms with Crippen LogP contribution in [0.5, 0.6) is 103 Å². The molecule has 9 rings (SSSR count). The van der Waals surface area contributed by atoms with E-state index in [9.17, 15) is 0 Å². The first-order valence-electron chi connectivity index (χ1n) is 39.7. The molecular formula is C99H120O18. The highest BCUT2D eigenvalue weighted by Gasteiger charge is 2.21. The summed E-state index contributed by atoms with van der Waals surface area (Å²) in [6.45, 7) is 20.3. The second-order valence-electron chi connectivity index (χ2n) is 27.1. The minimum Gasteiger partial charge on any atom is -0.493 e. The predicted molar refractivity (Wildman–Crippen MR) is 479 cm³/mol. The third-order valence-electron chi connectivity index (χ3n) is 18.5. The average Bonchev–Trinajstić information content (AvgIpc) is 0.838. The second kappa shape index (κ2) is 48.9. The number of hydrogen-bond donors (Lipinski definition) is 0. The SMILES string of the molecule is CCC(C)Oc1c(OC)cc(/C=C/c2ccc(/C=C/c3cc(OC)c(OC(C)CC)c(OC)c3)cc2)cc1OC.CCCOc1c(OC)cc(/C=C/c2ccc(/C=C/c3cc(OC)c(OC(C)CC)c(OC)c3)cc2)cc1OC.CCCOc1c(OC)cc(/C=C/c2ccc(/C=C/c3cc(OC)c(OCCC)c(OC)c3)cc2)cc1OC. The summed E-state index contributed by atoms with van der Waals surface area (Å²) in [4.78, 5) is 0. The van der Waals surface area contributed by atoms with Crippen LogP contribution in [-0.4, -0.2) is 123 Å². The fourth-order valence-electron chi connectivity index (χ4n) is 11.5. The van der Waals surface area contributed by atoms with Crippen LogP contribution in [0.25, 0.3) is 72.9 Å². The zero-order valence-electron chi connectivity index (χ0n) is 72.2. The average molecular weight is 1600 g/mol. The van der Waals surface area contributed by atoms with Crippen molar-refractivity contribution in [3.8, 4) is 103 Å². The van der Waals surface area contributed by atoms with Crippen molar-refractivity contribution in [2.75, 3.05) is 105 Å². The predicted octanol–water partition coefficient (Wildman–Crippen LogP) is 24.1. The van der Waals surface area contributed by atoms with Crippen molar-refractivity contribution in [3.05, 3.63) is 212 Å². The van der Waals surface area contributed by atoms with Gasteiger partial charge >= 0.3 is 0 Å². The van der Waals surface area contributed by atoms with Gasteiger partial charge in [0.2, 0.25) is 34.5 Å². The van der Waals surface area contributed by atoms with Crippen molar-refractivity contribution in [3.63, 3.8) is 0 Å². The van der Waals surface area contributed by atoms with Crippen molar-refractivity contribution in [2.24, 2.45) is 0 Å². The Kier molecular flexibility index (Phi) is 38.4. The molecule has 0 fully saturated rings. The maximum Gasteiger partial charge on any atom is 0.203 e. The van der Waals surface area contributed by atoms with Crippen molar-refractivity contribution in [1.29, 1.82) is 0 Å². The van der Waals surface area contributed by atoms with E-state index >= 15 is 0 Å². The Balaban J connectivity index is 0.000000243. The van der Waals surface area contributed by atoms with Gasteiger partial charge in [0.1, 0.15) is 0 Å². The van der Waals surface area contributed by atoms with Gasteiger partial charge in [0.05, 0.1) is 123 Å². The molecule has 0 aliphatic rings. The lowest BCUT2D eigenvalue weighted by Crippen LogP contribution is -2.11. The highest BCUT2D eigenvalue weighted by atomic mass is 16.6. The highest BCUT2D eigenvalue weighted by molar-refractivity contribution is 5.80. The Morgan fingerprint density at radius 2 is 0.325 bits per heavy atom. The lowest BCUT2D eigenvalue weighted by atomic mass is 10.1. The summed E-state index contributed by atoms with van der Waals surface area (Å²) in [6.07, 6.45) is 30.1. The Bertz CT molecular complexity index is 4380. The maximum absolute atomic E-state index is 6.04. The van der Waals surface area contributed by atoms with Crippen LogP contribution in [0.2, 0.25) is 0 Å². The Labute approximate surface area is 694 Å². The first kappa shape index (κ1) is 92.0. The lowest BCUT2D eigenvalue weighted by molar-refractivity contribution is 0.198. The quantitative estimate of drug-likeness (QED) is 0.0331. The molecule has 117 heavy (non-hydrogen) atoms. The molecule has 0 saturated heterocycles. The number of benzene rings is 9. The molecule has 0 N–H and O–H groups in total. The first-order valence-corrected chi connectivity index (χ1v) is 39.7. The molecule has 624 valence electrons. The summed E-state index contributed by atoms with van der Waals surface area (Å²) in [5.74, 6) is 11.5. The normalized spacial score (nSPS) is 12.0. The van der Waals surface area contributed by atoms with Gasteiger partial charge < -0.3 is 85.3 Å². The van der Waals surface area contributed by atoms with Crippen LogP contribution in [0.1, 0.15) is 168 Å². The molecular weight excluding hydrogens is 1480 g/mol. The van der Waals surface area contributed by atoms with Gasteiger partial charge in [0.25, 0.3) is 0 Å². The Morgan fingerprint density at radius 3 is 0.444 bits per heavy atom. The molecule has 0 spiro atoms. The largest absolute Gasteiger partial charge is 0.493 e. The van der Waals surface area contributed by atoms with E-state index in [2.05, 4.69) is 151 Å². The van der Waals surface area contributed by atoms with E-state index in [1.54, 1.807) is 85.3 Å². The van der Waals surface area contributed by atoms with Crippen molar-refractivity contribution >= 4 is 72.9 Å². The van der Waals surface area contributed by atoms with Crippen LogP contribution in [0, 0.1) is 0 Å². The summed E-state index contributed by atoms with van der Waals surface area (Å²) >= 11 is 0. The van der Waals surface area contributed by atoms with Gasteiger partial charge in [-0.3, -0.25) is 0 Å². The molecule has 0 saturated carbocycles. The molecule has 0 aromatic heterocycles. The monoisotopic (exact) mass is 1600 g/mol. The molecule has 3 atom stereocenters. The van der Waals surface area contributed by atoms with Gasteiger partial charge in [0.15, 0.2) is 69.0 Å². The van der Waals surface area contributed by atoms with Gasteiger partial charge in [-0.2, -0.15) is 0 Å². The van der Waals surface area contributed by atoms with E-state index in [1.165, 1.54) is 0 Å². The molecule has 0 amide bonds. The minimum absolute atomic E-state index is 0.0591. The lowest BCUT2D eigenvalue weighted by Gasteiger charge is -2.18. The Hall–Kier alpha value is -12.2. The van der Waals surface area contributed by atoms with Gasteiger partial charge in [-0.15, -0.1) is 0 Å². The third-order valence-corrected chi connectivity index (χ3v) is 18.5. The van der Waals surface area contributed by atoms with Gasteiger partial charge in [-0.05, 0) is 199 Å². The van der Waals surface area contributed by atoms with E-state index < -0.39 is 0 Å². The summed E-state index contributed by atoms with van der Waals surface area (Å²) in [6, 6.07) is 48.3. The van der Waals surface area contributed by atoms with Crippen LogP contribution in [0.4, 0.5) is 0 Å². The third kappa shape index (κ3) is 27.5. The van der Waals surface area contributed by atoms with E-state index in [0.717, 1.165) is 105 Å². The number of ether oxygens (including phenoxy) is 18. The van der Waals surface area contributed by atoms with E-state index in [1.807, 2.05) is 130 Å². The molecule has 3 unspecified atom stereocenters. The van der Waals surface area contributed by atoms with Gasteiger partial charge in [-0.1, -0.05) is 187 Å². The van der Waals surface area contributed by atoms with Gasteiger partial charge in [-0.25, -0.2) is 0 Å². The smallest absolute Gasteiger partial charge is 0.203 e. The molecule has 18 heteroatoms. The molecule has 0 bridgehead atoms. The molecule has 9 aromatic rings. The molecule has 0 heterocycles. The number of hydrogen-bond acceptors (Lipinski definition) is 18. The van der Waals surface area contributed by atoms with E-state index in [-0.39, 0.29) is 18.3 Å². The molecule has 9 aromatic carbocycles. The van der Waals surface area contributed by atoms with Crippen LogP contribution in [0.3, 0.4) is 0 Å². The second-order valence-corrected chi connectivity index (χ2v) is 27.1. The van der Waals surface area contributed by atoms with Crippen molar-refractivity contribution < 1.29 is 85.3 Å². The highest BCUT2D eigenvalue weighted by Crippen LogP contribution is 2.46. The Morgan fingerprint density at radius 1 is 0.197 bits per heavy atom. The molecule has 0 radical (unpaired) electrons. The van der Waals surface area contributed by atoms with Crippen LogP contribution < -0.4 is 85.3 Å². The first-order chi connectivity index (χ1) is 56.9. The summed E-state index contributed by atoms with van der Waals surface area (Å²) < 4.78 is 102. The van der Waals surface area contributed by atoms with Gasteiger partial charge in [0, 0.05) is 0 Å². The van der Waals surface area contributed by atoms with Crippen molar-refractivity contribution in [2.45, 2.75) is 119 Å². The molecule has 0 aliphatic heterocycles. The maximum atomic E-state index is 6.04. The molecule has 0 aliphatic carbocycles. The summed E-state index contributed by atoms with van der Waals surface area (Å²) in [7, 11) is 19.6. The van der Waals surface area contributed by atoms with E-state index in [0.29, 0.717) is 123 Å². The topological polar surface area (TPSA) is 166 Å². The van der Waals surface area contributed by atoms with Crippen LogP contribution in [-0.2, 0) is 0 Å². The fraction of sp³-hybridized carbons (Fsp3) is 0.333. The van der Waals surface area contributed by atoms with Crippen molar-refractivity contribution in [1.82, 2.24) is 0 Å². The zero-order valence-corrected chi connectivity index (χ0v) is 72.2. The standard InChI is InChI=1S/C34H42O6.C33H40O6.C32H38O6/c1-9-23(3)39-33-29(35-5)19-27(20-30(33)36-6)17-15-25-11-13-26(14-12-25)16-18-28-21-31(37-7)34(32(22-28)38-8)40-24(4)10-2;1-8-18-38-32-28(34-4)19-26(20-29(32)35-5)16-14-24-10-12-25(13-11-24)15-17-27-21-30(36-6)33(31(22-27)37-7)39-23(3)9-2;1-7-17-37-31-27(33-3)19-25(20-28(31)34-4)15-13-23-9-11-24(12-10-23)14-16-26-21-29(35-5)32(38-18-8-2)30(22-26)36-6/h11-24H,9-10H2,1-8H3;10-17,19-23H,8-9,18H2,1-7H3;9-16,19-22H,7-8,17-18H2,1-6H3/b17-15+,18-16+;16-14+,17-15+;15-13+,16-14+. The van der Waals surface area contributed by atoms with E-state index in [4.69, 9.17) is 85.3 Å².